The lowest BCUT2D eigenvalue weighted by Crippen LogP contribution is -2.41. The topological polar surface area (TPSA) is 84.5 Å². The molecule has 0 saturated heterocycles. The molecule has 0 aliphatic rings. The van der Waals surface area contributed by atoms with Gasteiger partial charge in [0.2, 0.25) is 15.9 Å². The first-order valence-corrected chi connectivity index (χ1v) is 11.5. The highest BCUT2D eigenvalue weighted by Gasteiger charge is 2.22. The molecule has 0 saturated carbocycles. The Hall–Kier alpha value is -2.81. The molecule has 0 heterocycles. The van der Waals surface area contributed by atoms with Crippen molar-refractivity contribution >= 4 is 33.4 Å². The summed E-state index contributed by atoms with van der Waals surface area (Å²) >= 11 is 1.52. The van der Waals surface area contributed by atoms with Gasteiger partial charge in [0.1, 0.15) is 5.75 Å². The minimum atomic E-state index is -3.85. The molecular formula is C22H22N2O4S2. The summed E-state index contributed by atoms with van der Waals surface area (Å²) in [5.74, 6) is 0.0977. The van der Waals surface area contributed by atoms with Gasteiger partial charge in [0, 0.05) is 9.79 Å². The van der Waals surface area contributed by atoms with Gasteiger partial charge in [0.15, 0.2) is 0 Å². The van der Waals surface area contributed by atoms with E-state index < -0.39 is 22.0 Å². The van der Waals surface area contributed by atoms with Gasteiger partial charge in [-0.25, -0.2) is 8.42 Å². The molecule has 3 aromatic rings. The van der Waals surface area contributed by atoms with E-state index in [-0.39, 0.29) is 4.90 Å². The minimum absolute atomic E-state index is 0.0583. The number of amides is 1. The Morgan fingerprint density at radius 1 is 0.933 bits per heavy atom. The lowest BCUT2D eigenvalue weighted by molar-refractivity contribution is -0.117. The van der Waals surface area contributed by atoms with E-state index in [1.54, 1.807) is 18.2 Å². The quantitative estimate of drug-likeness (QED) is 0.547. The van der Waals surface area contributed by atoms with Crippen LogP contribution in [0.25, 0.3) is 0 Å². The number of para-hydroxylation sites is 1. The maximum atomic E-state index is 12.7. The monoisotopic (exact) mass is 442 g/mol. The molecule has 156 valence electrons. The molecule has 3 rings (SSSR count). The van der Waals surface area contributed by atoms with Gasteiger partial charge in [-0.05, 0) is 55.5 Å². The zero-order valence-electron chi connectivity index (χ0n) is 16.5. The summed E-state index contributed by atoms with van der Waals surface area (Å²) in [4.78, 5) is 14.6. The van der Waals surface area contributed by atoms with E-state index >= 15 is 0 Å². The Labute approximate surface area is 180 Å². The highest BCUT2D eigenvalue weighted by molar-refractivity contribution is 7.99. The Morgan fingerprint density at radius 2 is 1.57 bits per heavy atom. The summed E-state index contributed by atoms with van der Waals surface area (Å²) in [7, 11) is -2.35. The van der Waals surface area contributed by atoms with Gasteiger partial charge >= 0.3 is 0 Å². The standard InChI is InChI=1S/C22H22N2O4S2/c1-16(24-30(26,27)19-14-12-17(28-2)13-15-19)22(25)23-20-10-6-7-11-21(20)29-18-8-4-3-5-9-18/h3-16,24H,1-2H3,(H,23,25)/t16-/m1/s1. The first-order chi connectivity index (χ1) is 14.4. The average molecular weight is 443 g/mol. The van der Waals surface area contributed by atoms with Crippen LogP contribution < -0.4 is 14.8 Å². The number of hydrogen-bond acceptors (Lipinski definition) is 5. The van der Waals surface area contributed by atoms with Crippen molar-refractivity contribution in [3.63, 3.8) is 0 Å². The van der Waals surface area contributed by atoms with Crippen LogP contribution in [0.4, 0.5) is 5.69 Å². The van der Waals surface area contributed by atoms with Crippen molar-refractivity contribution in [1.82, 2.24) is 4.72 Å². The molecule has 3 aromatic carbocycles. The molecule has 6 nitrogen and oxygen atoms in total. The van der Waals surface area contributed by atoms with E-state index in [0.717, 1.165) is 9.79 Å². The van der Waals surface area contributed by atoms with Crippen LogP contribution in [0, 0.1) is 0 Å². The number of rotatable bonds is 8. The van der Waals surface area contributed by atoms with Crippen molar-refractivity contribution in [2.24, 2.45) is 0 Å². The third kappa shape index (κ3) is 5.63. The van der Waals surface area contributed by atoms with Crippen LogP contribution in [0.5, 0.6) is 5.75 Å². The van der Waals surface area contributed by atoms with Crippen molar-refractivity contribution in [3.05, 3.63) is 78.9 Å². The molecule has 0 bridgehead atoms. The number of ether oxygens (including phenoxy) is 1. The minimum Gasteiger partial charge on any atom is -0.497 e. The Balaban J connectivity index is 1.70. The molecule has 1 atom stereocenters. The SMILES string of the molecule is COc1ccc(S(=O)(=O)N[C@H](C)C(=O)Nc2ccccc2Sc2ccccc2)cc1. The van der Waals surface area contributed by atoms with Crippen molar-refractivity contribution < 1.29 is 17.9 Å². The molecule has 8 heteroatoms. The second-order valence-electron chi connectivity index (χ2n) is 6.42. The highest BCUT2D eigenvalue weighted by atomic mass is 32.2. The molecule has 0 radical (unpaired) electrons. The molecule has 0 aliphatic carbocycles. The lowest BCUT2D eigenvalue weighted by atomic mass is 10.3. The number of methoxy groups -OCH3 is 1. The van der Waals surface area contributed by atoms with Crippen LogP contribution in [-0.2, 0) is 14.8 Å². The maximum Gasteiger partial charge on any atom is 0.242 e. The number of carbonyl (C=O) groups is 1. The van der Waals surface area contributed by atoms with Crippen molar-refractivity contribution in [3.8, 4) is 5.75 Å². The van der Waals surface area contributed by atoms with E-state index in [1.165, 1.54) is 37.9 Å². The van der Waals surface area contributed by atoms with Crippen molar-refractivity contribution in [2.75, 3.05) is 12.4 Å². The predicted molar refractivity (Wildman–Crippen MR) is 118 cm³/mol. The van der Waals surface area contributed by atoms with Gasteiger partial charge in [0.05, 0.1) is 23.7 Å². The van der Waals surface area contributed by atoms with Crippen molar-refractivity contribution in [2.45, 2.75) is 27.7 Å². The zero-order valence-corrected chi connectivity index (χ0v) is 18.2. The first kappa shape index (κ1) is 21.9. The van der Waals surface area contributed by atoms with E-state index in [2.05, 4.69) is 10.0 Å². The molecule has 0 fully saturated rings. The lowest BCUT2D eigenvalue weighted by Gasteiger charge is -2.16. The molecule has 0 unspecified atom stereocenters. The van der Waals surface area contributed by atoms with Gasteiger partial charge in [-0.15, -0.1) is 0 Å². The molecule has 2 N–H and O–H groups in total. The Bertz CT molecular complexity index is 1100. The average Bonchev–Trinajstić information content (AvgIpc) is 2.75. The molecule has 0 spiro atoms. The first-order valence-electron chi connectivity index (χ1n) is 9.18. The van der Waals surface area contributed by atoms with E-state index in [0.29, 0.717) is 11.4 Å². The summed E-state index contributed by atoms with van der Waals surface area (Å²) < 4.78 is 32.6. The third-order valence-electron chi connectivity index (χ3n) is 4.21. The third-order valence-corrected chi connectivity index (χ3v) is 6.85. The summed E-state index contributed by atoms with van der Waals surface area (Å²) in [5, 5.41) is 2.82. The Kier molecular flexibility index (Phi) is 7.15. The number of hydrogen-bond donors (Lipinski definition) is 2. The van der Waals surface area contributed by atoms with E-state index in [1.807, 2.05) is 48.5 Å². The predicted octanol–water partition coefficient (Wildman–Crippen LogP) is 4.15. The fraction of sp³-hybridized carbons (Fsp3) is 0.136. The van der Waals surface area contributed by atoms with Crippen LogP contribution in [-0.4, -0.2) is 27.5 Å². The van der Waals surface area contributed by atoms with Gasteiger partial charge < -0.3 is 10.1 Å². The molecule has 0 aliphatic heterocycles. The molecular weight excluding hydrogens is 420 g/mol. The number of benzene rings is 3. The van der Waals surface area contributed by atoms with Gasteiger partial charge in [-0.3, -0.25) is 4.79 Å². The number of carbonyl (C=O) groups excluding carboxylic acids is 1. The molecule has 0 aromatic heterocycles. The summed E-state index contributed by atoms with van der Waals surface area (Å²) in [6.07, 6.45) is 0. The summed E-state index contributed by atoms with van der Waals surface area (Å²) in [5.41, 5.74) is 0.617. The van der Waals surface area contributed by atoms with E-state index in [9.17, 15) is 13.2 Å². The Morgan fingerprint density at radius 3 is 2.23 bits per heavy atom. The van der Waals surface area contributed by atoms with Gasteiger partial charge in [-0.2, -0.15) is 4.72 Å². The van der Waals surface area contributed by atoms with Crippen molar-refractivity contribution in [1.29, 1.82) is 0 Å². The van der Waals surface area contributed by atoms with Crippen LogP contribution in [0.3, 0.4) is 0 Å². The number of anilines is 1. The van der Waals surface area contributed by atoms with Gasteiger partial charge in [-0.1, -0.05) is 42.1 Å². The summed E-state index contributed by atoms with van der Waals surface area (Å²) in [6, 6.07) is 22.2. The second kappa shape index (κ2) is 9.80. The smallest absolute Gasteiger partial charge is 0.242 e. The number of sulfonamides is 1. The molecule has 30 heavy (non-hydrogen) atoms. The second-order valence-corrected chi connectivity index (χ2v) is 9.25. The van der Waals surface area contributed by atoms with Crippen LogP contribution in [0.15, 0.2) is 93.5 Å². The maximum absolute atomic E-state index is 12.7. The van der Waals surface area contributed by atoms with Gasteiger partial charge in [0.25, 0.3) is 0 Å². The largest absolute Gasteiger partial charge is 0.497 e. The van der Waals surface area contributed by atoms with Crippen LogP contribution >= 0.6 is 11.8 Å². The fourth-order valence-corrected chi connectivity index (χ4v) is 4.75. The normalized spacial score (nSPS) is 12.2. The zero-order chi connectivity index (χ0) is 21.6. The summed E-state index contributed by atoms with van der Waals surface area (Å²) in [6.45, 7) is 1.50. The number of nitrogens with one attached hydrogen (secondary N) is 2. The highest BCUT2D eigenvalue weighted by Crippen LogP contribution is 2.33. The van der Waals surface area contributed by atoms with E-state index in [4.69, 9.17) is 4.74 Å². The fourth-order valence-electron chi connectivity index (χ4n) is 2.62. The van der Waals surface area contributed by atoms with Crippen LogP contribution in [0.2, 0.25) is 0 Å². The molecule has 1 amide bonds. The van der Waals surface area contributed by atoms with Crippen LogP contribution in [0.1, 0.15) is 6.92 Å².